The van der Waals surface area contributed by atoms with Crippen LogP contribution < -0.4 is 4.57 Å². The van der Waals surface area contributed by atoms with Gasteiger partial charge >= 0.3 is 0 Å². The van der Waals surface area contributed by atoms with Gasteiger partial charge in [-0.2, -0.15) is 0 Å². The second kappa shape index (κ2) is 5.89. The van der Waals surface area contributed by atoms with Crippen LogP contribution in [0.1, 0.15) is 5.56 Å². The lowest BCUT2D eigenvalue weighted by Gasteiger charge is -2.12. The fourth-order valence-corrected chi connectivity index (χ4v) is 3.27. The van der Waals surface area contributed by atoms with Crippen LogP contribution >= 0.6 is 0 Å². The van der Waals surface area contributed by atoms with Crippen LogP contribution in [0.2, 0.25) is 0 Å². The maximum Gasteiger partial charge on any atom is 0.213 e. The van der Waals surface area contributed by atoms with E-state index in [1.54, 1.807) is 0 Å². The SMILES string of the molecule is Cc1cccc(-c2ccc3ncccc3c2)c1-c1cccc[n+]1C. The van der Waals surface area contributed by atoms with Gasteiger partial charge in [0, 0.05) is 23.7 Å². The van der Waals surface area contributed by atoms with E-state index in [2.05, 4.69) is 90.4 Å². The topological polar surface area (TPSA) is 16.8 Å². The molecule has 0 aliphatic rings. The molecule has 0 aliphatic heterocycles. The van der Waals surface area contributed by atoms with Crippen LogP contribution in [0.25, 0.3) is 33.3 Å². The number of fused-ring (bicyclic) bond motifs is 1. The third-order valence-electron chi connectivity index (χ3n) is 4.50. The lowest BCUT2D eigenvalue weighted by Crippen LogP contribution is -2.30. The number of hydrogen-bond acceptors (Lipinski definition) is 1. The normalized spacial score (nSPS) is 10.9. The molecule has 2 nitrogen and oxygen atoms in total. The minimum atomic E-state index is 1.03. The molecule has 116 valence electrons. The summed E-state index contributed by atoms with van der Waals surface area (Å²) in [5.74, 6) is 0. The first-order valence-electron chi connectivity index (χ1n) is 8.14. The molecule has 2 aromatic carbocycles. The van der Waals surface area contributed by atoms with Gasteiger partial charge in [0.1, 0.15) is 7.05 Å². The van der Waals surface area contributed by atoms with Crippen molar-refractivity contribution in [1.29, 1.82) is 0 Å². The molecule has 0 bridgehead atoms. The van der Waals surface area contributed by atoms with Crippen molar-refractivity contribution in [3.63, 3.8) is 0 Å². The van der Waals surface area contributed by atoms with Crippen molar-refractivity contribution in [1.82, 2.24) is 4.98 Å². The molecule has 4 aromatic rings. The summed E-state index contributed by atoms with van der Waals surface area (Å²) in [6.45, 7) is 2.18. The van der Waals surface area contributed by atoms with Crippen LogP contribution in [0.15, 0.2) is 79.1 Å². The van der Waals surface area contributed by atoms with Gasteiger partial charge < -0.3 is 0 Å². The van der Waals surface area contributed by atoms with E-state index in [1.807, 2.05) is 12.3 Å². The highest BCUT2D eigenvalue weighted by Crippen LogP contribution is 2.34. The molecule has 2 aromatic heterocycles. The zero-order valence-corrected chi connectivity index (χ0v) is 13.9. The van der Waals surface area contributed by atoms with E-state index in [9.17, 15) is 0 Å². The highest BCUT2D eigenvalue weighted by molar-refractivity contribution is 5.89. The van der Waals surface area contributed by atoms with Crippen molar-refractivity contribution in [2.75, 3.05) is 0 Å². The van der Waals surface area contributed by atoms with Gasteiger partial charge in [-0.3, -0.25) is 4.98 Å². The van der Waals surface area contributed by atoms with Crippen molar-refractivity contribution in [3.05, 3.63) is 84.7 Å². The number of aromatic nitrogens is 2. The van der Waals surface area contributed by atoms with Gasteiger partial charge in [-0.1, -0.05) is 30.3 Å². The summed E-state index contributed by atoms with van der Waals surface area (Å²) in [6.07, 6.45) is 3.93. The van der Waals surface area contributed by atoms with Crippen LogP contribution in [0.5, 0.6) is 0 Å². The second-order valence-corrected chi connectivity index (χ2v) is 6.11. The number of pyridine rings is 2. The zero-order chi connectivity index (χ0) is 16.5. The van der Waals surface area contributed by atoms with Crippen LogP contribution in [0.4, 0.5) is 0 Å². The van der Waals surface area contributed by atoms with Gasteiger partial charge in [-0.15, -0.1) is 0 Å². The minimum absolute atomic E-state index is 1.03. The summed E-state index contributed by atoms with van der Waals surface area (Å²) >= 11 is 0. The monoisotopic (exact) mass is 311 g/mol. The molecule has 0 aliphatic carbocycles. The Hall–Kier alpha value is -3.00. The Bertz CT molecular complexity index is 1030. The molecular weight excluding hydrogens is 292 g/mol. The van der Waals surface area contributed by atoms with Gasteiger partial charge in [0.2, 0.25) is 5.69 Å². The summed E-state index contributed by atoms with van der Waals surface area (Å²) in [5.41, 5.74) is 7.28. The van der Waals surface area contributed by atoms with E-state index >= 15 is 0 Å². The number of nitrogens with zero attached hydrogens (tertiary/aromatic N) is 2. The Morgan fingerprint density at radius 2 is 1.79 bits per heavy atom. The quantitative estimate of drug-likeness (QED) is 0.490. The Kier molecular flexibility index (Phi) is 3.58. The minimum Gasteiger partial charge on any atom is -0.256 e. The molecule has 0 unspecified atom stereocenters. The number of benzene rings is 2. The van der Waals surface area contributed by atoms with Crippen molar-refractivity contribution in [3.8, 4) is 22.4 Å². The largest absolute Gasteiger partial charge is 0.256 e. The molecule has 0 atom stereocenters. The molecule has 4 rings (SSSR count). The third kappa shape index (κ3) is 2.46. The standard InChI is InChI=1S/C22H19N2/c1-16-7-5-9-19(22(16)21-10-3-4-14-24(21)2)17-11-12-20-18(15-17)8-6-13-23-20/h3-15H,1-2H3/q+1. The maximum atomic E-state index is 4.42. The third-order valence-corrected chi connectivity index (χ3v) is 4.50. The van der Waals surface area contributed by atoms with Crippen molar-refractivity contribution >= 4 is 10.9 Å². The average molecular weight is 311 g/mol. The Balaban J connectivity index is 1.98. The van der Waals surface area contributed by atoms with Gasteiger partial charge in [0.25, 0.3) is 0 Å². The lowest BCUT2D eigenvalue weighted by molar-refractivity contribution is -0.660. The summed E-state index contributed by atoms with van der Waals surface area (Å²) in [4.78, 5) is 4.42. The second-order valence-electron chi connectivity index (χ2n) is 6.11. The first-order chi connectivity index (χ1) is 11.7. The molecule has 0 amide bonds. The van der Waals surface area contributed by atoms with E-state index in [1.165, 1.54) is 33.3 Å². The summed E-state index contributed by atoms with van der Waals surface area (Å²) in [5, 5.41) is 1.17. The summed E-state index contributed by atoms with van der Waals surface area (Å²) in [6, 6.07) is 23.4. The van der Waals surface area contributed by atoms with Crippen LogP contribution in [0, 0.1) is 6.92 Å². The molecule has 0 N–H and O–H groups in total. The Morgan fingerprint density at radius 3 is 2.67 bits per heavy atom. The summed E-state index contributed by atoms with van der Waals surface area (Å²) in [7, 11) is 2.09. The predicted molar refractivity (Wildman–Crippen MR) is 98.5 cm³/mol. The fourth-order valence-electron chi connectivity index (χ4n) is 3.27. The van der Waals surface area contributed by atoms with Crippen molar-refractivity contribution in [2.45, 2.75) is 6.92 Å². The van der Waals surface area contributed by atoms with Crippen molar-refractivity contribution in [2.24, 2.45) is 7.05 Å². The van der Waals surface area contributed by atoms with Gasteiger partial charge in [-0.05, 0) is 47.9 Å². The van der Waals surface area contributed by atoms with E-state index in [0.29, 0.717) is 0 Å². The van der Waals surface area contributed by atoms with Gasteiger partial charge in [0.05, 0.1) is 11.1 Å². The molecule has 0 fully saturated rings. The maximum absolute atomic E-state index is 4.42. The van der Waals surface area contributed by atoms with Crippen LogP contribution in [0.3, 0.4) is 0 Å². The first kappa shape index (κ1) is 14.6. The van der Waals surface area contributed by atoms with E-state index in [-0.39, 0.29) is 0 Å². The lowest BCUT2D eigenvalue weighted by atomic mass is 9.92. The van der Waals surface area contributed by atoms with Crippen LogP contribution in [-0.2, 0) is 7.05 Å². The highest BCUT2D eigenvalue weighted by atomic mass is 14.9. The smallest absolute Gasteiger partial charge is 0.213 e. The van der Waals surface area contributed by atoms with Gasteiger partial charge in [0.15, 0.2) is 6.20 Å². The molecule has 0 spiro atoms. The predicted octanol–water partition coefficient (Wildman–Crippen LogP) is 4.70. The molecular formula is C22H19N2+. The van der Waals surface area contributed by atoms with E-state index < -0.39 is 0 Å². The molecule has 0 saturated carbocycles. The van der Waals surface area contributed by atoms with E-state index in [0.717, 1.165) is 5.52 Å². The first-order valence-corrected chi connectivity index (χ1v) is 8.14. The highest BCUT2D eigenvalue weighted by Gasteiger charge is 2.17. The molecule has 0 saturated heterocycles. The number of rotatable bonds is 2. The Morgan fingerprint density at radius 1 is 0.875 bits per heavy atom. The van der Waals surface area contributed by atoms with Gasteiger partial charge in [-0.25, -0.2) is 4.57 Å². The Labute approximate surface area is 142 Å². The zero-order valence-electron chi connectivity index (χ0n) is 13.9. The molecule has 24 heavy (non-hydrogen) atoms. The molecule has 2 heteroatoms. The van der Waals surface area contributed by atoms with E-state index in [4.69, 9.17) is 0 Å². The fraction of sp³-hybridized carbons (Fsp3) is 0.0909. The van der Waals surface area contributed by atoms with Crippen LogP contribution in [-0.4, -0.2) is 4.98 Å². The van der Waals surface area contributed by atoms with Crippen molar-refractivity contribution < 1.29 is 4.57 Å². The molecule has 0 radical (unpaired) electrons. The average Bonchev–Trinajstić information content (AvgIpc) is 2.62. The summed E-state index contributed by atoms with van der Waals surface area (Å²) < 4.78 is 2.18. The molecule has 2 heterocycles. The number of hydrogen-bond donors (Lipinski definition) is 0. The number of aryl methyl sites for hydroxylation is 2.